The predicted molar refractivity (Wildman–Crippen MR) is 125 cm³/mol. The molecule has 1 saturated heterocycles. The highest BCUT2D eigenvalue weighted by molar-refractivity contribution is 14.0. The molecule has 2 fully saturated rings. The van der Waals surface area contributed by atoms with E-state index < -0.39 is 0 Å². The minimum atomic E-state index is 0. The van der Waals surface area contributed by atoms with Gasteiger partial charge in [0.05, 0.1) is 5.69 Å². The Hall–Kier alpha value is -0.610. The first-order chi connectivity index (χ1) is 12.8. The molecule has 0 unspecified atom stereocenters. The van der Waals surface area contributed by atoms with E-state index in [0.717, 1.165) is 70.7 Å². The van der Waals surface area contributed by atoms with Gasteiger partial charge in [-0.1, -0.05) is 0 Å². The zero-order valence-corrected chi connectivity index (χ0v) is 19.6. The van der Waals surface area contributed by atoms with E-state index in [4.69, 9.17) is 9.72 Å². The maximum absolute atomic E-state index is 5.66. The van der Waals surface area contributed by atoms with E-state index in [0.29, 0.717) is 0 Å². The Morgan fingerprint density at radius 3 is 2.89 bits per heavy atom. The molecule has 1 aromatic heterocycles. The summed E-state index contributed by atoms with van der Waals surface area (Å²) in [5.74, 6) is 1.74. The maximum Gasteiger partial charge on any atom is 0.191 e. The van der Waals surface area contributed by atoms with Crippen LogP contribution in [0.25, 0.3) is 0 Å². The van der Waals surface area contributed by atoms with Crippen LogP contribution in [0.15, 0.2) is 10.4 Å². The number of nitrogens with zero attached hydrogens (tertiary/aromatic N) is 3. The van der Waals surface area contributed by atoms with Gasteiger partial charge < -0.3 is 20.3 Å². The second-order valence-electron chi connectivity index (χ2n) is 7.12. The van der Waals surface area contributed by atoms with Gasteiger partial charge in [0.2, 0.25) is 0 Å². The standard InChI is InChI=1S/C19H33N5OS.HI/c1-2-20-18(21-9-5-13-25-14-16-6-7-16)22-10-8-17-15-26-19(23-17)24-11-3-4-12-24;/h15-16H,2-14H2,1H3,(H2,20,21,22);1H. The van der Waals surface area contributed by atoms with Crippen molar-refractivity contribution >= 4 is 46.4 Å². The number of aromatic nitrogens is 1. The molecule has 2 N–H and O–H groups in total. The van der Waals surface area contributed by atoms with Gasteiger partial charge in [-0.25, -0.2) is 4.98 Å². The van der Waals surface area contributed by atoms with Gasteiger partial charge in [-0.3, -0.25) is 4.99 Å². The Labute approximate surface area is 184 Å². The van der Waals surface area contributed by atoms with Gasteiger partial charge in [0.15, 0.2) is 11.1 Å². The molecule has 3 rings (SSSR count). The minimum absolute atomic E-state index is 0. The van der Waals surface area contributed by atoms with Crippen molar-refractivity contribution < 1.29 is 4.74 Å². The van der Waals surface area contributed by atoms with E-state index in [1.54, 1.807) is 11.3 Å². The van der Waals surface area contributed by atoms with E-state index >= 15 is 0 Å². The van der Waals surface area contributed by atoms with Crippen LogP contribution in [-0.2, 0) is 11.2 Å². The molecule has 8 heteroatoms. The van der Waals surface area contributed by atoms with E-state index in [2.05, 4.69) is 32.8 Å². The monoisotopic (exact) mass is 507 g/mol. The second kappa shape index (κ2) is 12.8. The quantitative estimate of drug-likeness (QED) is 0.208. The van der Waals surface area contributed by atoms with Gasteiger partial charge >= 0.3 is 0 Å². The number of hydrogen-bond donors (Lipinski definition) is 2. The number of nitrogens with one attached hydrogen (secondary N) is 2. The second-order valence-corrected chi connectivity index (χ2v) is 7.96. The van der Waals surface area contributed by atoms with Crippen molar-refractivity contribution in [1.82, 2.24) is 15.6 Å². The SMILES string of the molecule is CCNC(=NCCCOCC1CC1)NCCc1csc(N2CCCC2)n1.I. The number of guanidine groups is 1. The lowest BCUT2D eigenvalue weighted by Gasteiger charge is -2.12. The highest BCUT2D eigenvalue weighted by Crippen LogP contribution is 2.28. The smallest absolute Gasteiger partial charge is 0.191 e. The Bertz CT molecular complexity index is 558. The molecule has 27 heavy (non-hydrogen) atoms. The van der Waals surface area contributed by atoms with Crippen LogP contribution in [-0.4, -0.2) is 56.9 Å². The van der Waals surface area contributed by atoms with Crippen LogP contribution in [0.5, 0.6) is 0 Å². The van der Waals surface area contributed by atoms with Crippen LogP contribution < -0.4 is 15.5 Å². The molecule has 1 aliphatic heterocycles. The topological polar surface area (TPSA) is 61.8 Å². The van der Waals surface area contributed by atoms with Gasteiger partial charge in [-0.15, -0.1) is 35.3 Å². The molecule has 1 saturated carbocycles. The number of halogens is 1. The highest BCUT2D eigenvalue weighted by Gasteiger charge is 2.20. The summed E-state index contributed by atoms with van der Waals surface area (Å²) in [6, 6.07) is 0. The van der Waals surface area contributed by atoms with Crippen molar-refractivity contribution in [3.05, 3.63) is 11.1 Å². The fourth-order valence-corrected chi connectivity index (χ4v) is 3.92. The molecule has 0 radical (unpaired) electrons. The molecule has 1 aromatic rings. The molecular weight excluding hydrogens is 473 g/mol. The highest BCUT2D eigenvalue weighted by atomic mass is 127. The number of anilines is 1. The van der Waals surface area contributed by atoms with E-state index in [1.807, 2.05) is 0 Å². The largest absolute Gasteiger partial charge is 0.381 e. The van der Waals surface area contributed by atoms with Crippen LogP contribution in [0, 0.1) is 5.92 Å². The number of thiazole rings is 1. The molecule has 2 aliphatic rings. The Morgan fingerprint density at radius 2 is 2.15 bits per heavy atom. The van der Waals surface area contributed by atoms with Gasteiger partial charge in [-0.05, 0) is 44.9 Å². The number of rotatable bonds is 11. The lowest BCUT2D eigenvalue weighted by Crippen LogP contribution is -2.38. The normalized spacial score (nSPS) is 17.1. The Morgan fingerprint density at radius 1 is 1.33 bits per heavy atom. The Kier molecular flexibility index (Phi) is 10.7. The van der Waals surface area contributed by atoms with E-state index in [1.165, 1.54) is 36.5 Å². The zero-order chi connectivity index (χ0) is 18.0. The molecule has 0 amide bonds. The Balaban J connectivity index is 0.00000261. The lowest BCUT2D eigenvalue weighted by molar-refractivity contribution is 0.123. The van der Waals surface area contributed by atoms with Gasteiger partial charge in [0.25, 0.3) is 0 Å². The average Bonchev–Trinajstić information content (AvgIpc) is 3.11. The maximum atomic E-state index is 5.66. The van der Waals surface area contributed by atoms with Crippen molar-refractivity contribution in [1.29, 1.82) is 0 Å². The van der Waals surface area contributed by atoms with Crippen LogP contribution in [0.1, 0.15) is 44.7 Å². The van der Waals surface area contributed by atoms with Crippen LogP contribution in [0.2, 0.25) is 0 Å². The fraction of sp³-hybridized carbons (Fsp3) is 0.789. The summed E-state index contributed by atoms with van der Waals surface area (Å²) in [7, 11) is 0. The van der Waals surface area contributed by atoms with Crippen molar-refractivity contribution in [2.45, 2.75) is 45.4 Å². The minimum Gasteiger partial charge on any atom is -0.381 e. The predicted octanol–water partition coefficient (Wildman–Crippen LogP) is 3.28. The van der Waals surface area contributed by atoms with Crippen molar-refractivity contribution in [2.75, 3.05) is 50.8 Å². The summed E-state index contributed by atoms with van der Waals surface area (Å²) in [6.45, 7) is 8.70. The first-order valence-corrected chi connectivity index (χ1v) is 11.0. The number of ether oxygens (including phenoxy) is 1. The van der Waals surface area contributed by atoms with Gasteiger partial charge in [-0.2, -0.15) is 0 Å². The molecule has 0 atom stereocenters. The van der Waals surface area contributed by atoms with Crippen LogP contribution in [0.3, 0.4) is 0 Å². The van der Waals surface area contributed by atoms with Gasteiger partial charge in [0.1, 0.15) is 0 Å². The van der Waals surface area contributed by atoms with Crippen LogP contribution in [0.4, 0.5) is 5.13 Å². The van der Waals surface area contributed by atoms with Crippen molar-refractivity contribution in [3.8, 4) is 0 Å². The van der Waals surface area contributed by atoms with E-state index in [9.17, 15) is 0 Å². The summed E-state index contributed by atoms with van der Waals surface area (Å²) >= 11 is 1.77. The molecule has 2 heterocycles. The summed E-state index contributed by atoms with van der Waals surface area (Å²) in [5, 5.41) is 10.1. The summed E-state index contributed by atoms with van der Waals surface area (Å²) in [6.07, 6.45) is 7.21. The fourth-order valence-electron chi connectivity index (χ4n) is 3.01. The zero-order valence-electron chi connectivity index (χ0n) is 16.4. The third-order valence-corrected chi connectivity index (χ3v) is 5.65. The molecule has 0 bridgehead atoms. The third-order valence-electron chi connectivity index (χ3n) is 4.70. The summed E-state index contributed by atoms with van der Waals surface area (Å²) in [5.41, 5.74) is 1.17. The van der Waals surface area contributed by atoms with Crippen molar-refractivity contribution in [3.63, 3.8) is 0 Å². The average molecular weight is 507 g/mol. The first kappa shape index (κ1) is 22.7. The third kappa shape index (κ3) is 8.51. The summed E-state index contributed by atoms with van der Waals surface area (Å²) in [4.78, 5) is 11.8. The lowest BCUT2D eigenvalue weighted by atomic mass is 10.3. The molecule has 0 aromatic carbocycles. The van der Waals surface area contributed by atoms with Gasteiger partial charge in [0, 0.05) is 57.7 Å². The van der Waals surface area contributed by atoms with Crippen molar-refractivity contribution in [2.24, 2.45) is 10.9 Å². The number of aliphatic imine (C=N–C) groups is 1. The van der Waals surface area contributed by atoms with E-state index in [-0.39, 0.29) is 24.0 Å². The molecule has 0 spiro atoms. The number of hydrogen-bond acceptors (Lipinski definition) is 5. The molecule has 154 valence electrons. The first-order valence-electron chi connectivity index (χ1n) is 10.1. The van der Waals surface area contributed by atoms with Crippen LogP contribution >= 0.6 is 35.3 Å². The molecule has 6 nitrogen and oxygen atoms in total. The molecule has 1 aliphatic carbocycles. The summed E-state index contributed by atoms with van der Waals surface area (Å²) < 4.78 is 5.66. The molecular formula is C19H34IN5OS.